The number of methoxy groups -OCH3 is 1. The highest BCUT2D eigenvalue weighted by Gasteiger charge is 2.28. The molecule has 0 aliphatic carbocycles. The van der Waals surface area contributed by atoms with Crippen molar-refractivity contribution >= 4 is 24.2 Å². The molecular weight excluding hydrogens is 272 g/mol. The van der Waals surface area contributed by atoms with Crippen LogP contribution in [-0.4, -0.2) is 23.4 Å². The van der Waals surface area contributed by atoms with Gasteiger partial charge in [0.2, 0.25) is 0 Å². The van der Waals surface area contributed by atoms with Gasteiger partial charge in [0.15, 0.2) is 11.3 Å². The van der Waals surface area contributed by atoms with Crippen molar-refractivity contribution in [1.82, 2.24) is 10.4 Å². The normalized spacial score (nSPS) is 17.6. The van der Waals surface area contributed by atoms with E-state index < -0.39 is 0 Å². The van der Waals surface area contributed by atoms with E-state index in [1.807, 2.05) is 47.4 Å². The summed E-state index contributed by atoms with van der Waals surface area (Å²) in [5.74, 6) is 1.56. The van der Waals surface area contributed by atoms with Crippen LogP contribution in [0, 0.1) is 0 Å². The largest absolute Gasteiger partial charge is 0.497 e. The molecule has 0 spiro atoms. The number of thiol groups is 1. The molecule has 3 rings (SSSR count). The Balaban J connectivity index is 1.95. The molecule has 1 aromatic heterocycles. The summed E-state index contributed by atoms with van der Waals surface area (Å²) in [4.78, 5) is 6.31. The molecule has 5 nitrogen and oxygen atoms in total. The van der Waals surface area contributed by atoms with Crippen molar-refractivity contribution in [3.05, 3.63) is 54.4 Å². The molecule has 20 heavy (non-hydrogen) atoms. The Bertz CT molecular complexity index is 615. The lowest BCUT2D eigenvalue weighted by Gasteiger charge is -2.23. The van der Waals surface area contributed by atoms with E-state index in [1.54, 1.807) is 13.3 Å². The number of benzene rings is 1. The number of hydrogen-bond donors (Lipinski definition) is 2. The lowest BCUT2D eigenvalue weighted by molar-refractivity contribution is 0.415. The number of hydrogen-bond acceptors (Lipinski definition) is 6. The van der Waals surface area contributed by atoms with Crippen LogP contribution in [0.15, 0.2) is 53.8 Å². The molecule has 102 valence electrons. The molecule has 1 N–H and O–H groups in total. The van der Waals surface area contributed by atoms with E-state index in [4.69, 9.17) is 4.74 Å². The summed E-state index contributed by atoms with van der Waals surface area (Å²) in [5, 5.41) is 4.31. The molecule has 1 atom stereocenters. The molecule has 2 heterocycles. The minimum Gasteiger partial charge on any atom is -0.497 e. The van der Waals surface area contributed by atoms with Gasteiger partial charge in [-0.25, -0.2) is 0 Å². The number of hydrazone groups is 1. The fourth-order valence-corrected chi connectivity index (χ4v) is 2.33. The fraction of sp³-hybridized carbons (Fsp3) is 0.143. The summed E-state index contributed by atoms with van der Waals surface area (Å²) in [6, 6.07) is 13.5. The van der Waals surface area contributed by atoms with Crippen molar-refractivity contribution < 1.29 is 4.74 Å². The van der Waals surface area contributed by atoms with Crippen LogP contribution in [-0.2, 0) is 0 Å². The smallest absolute Gasteiger partial charge is 0.181 e. The maximum absolute atomic E-state index is 5.17. The van der Waals surface area contributed by atoms with Gasteiger partial charge in [0.1, 0.15) is 11.4 Å². The highest BCUT2D eigenvalue weighted by molar-refractivity contribution is 7.81. The van der Waals surface area contributed by atoms with Crippen molar-refractivity contribution in [3.8, 4) is 5.75 Å². The topological polar surface area (TPSA) is 49.8 Å². The lowest BCUT2D eigenvalue weighted by atomic mass is 10.2. The van der Waals surface area contributed by atoms with Gasteiger partial charge < -0.3 is 4.74 Å². The molecule has 2 aromatic rings. The molecule has 0 radical (unpaired) electrons. The maximum Gasteiger partial charge on any atom is 0.181 e. The molecular formula is C14H14N4OS. The molecule has 0 saturated heterocycles. The van der Waals surface area contributed by atoms with Crippen LogP contribution in [0.4, 0.5) is 5.69 Å². The van der Waals surface area contributed by atoms with E-state index in [2.05, 4.69) is 28.1 Å². The average Bonchev–Trinajstić information content (AvgIpc) is 2.90. The molecule has 0 saturated carbocycles. The number of nitrogens with zero attached hydrogens (tertiary/aromatic N) is 3. The van der Waals surface area contributed by atoms with E-state index in [-0.39, 0.29) is 5.50 Å². The second-order valence-corrected chi connectivity index (χ2v) is 4.71. The number of anilines is 1. The Morgan fingerprint density at radius 2 is 2.00 bits per heavy atom. The third kappa shape index (κ3) is 2.30. The van der Waals surface area contributed by atoms with Crippen LogP contribution < -0.4 is 15.1 Å². The summed E-state index contributed by atoms with van der Waals surface area (Å²) in [7, 11) is 1.65. The van der Waals surface area contributed by atoms with Gasteiger partial charge in [0, 0.05) is 11.9 Å². The van der Waals surface area contributed by atoms with Crippen molar-refractivity contribution in [3.63, 3.8) is 0 Å². The zero-order valence-corrected chi connectivity index (χ0v) is 11.8. The van der Waals surface area contributed by atoms with Gasteiger partial charge in [-0.2, -0.15) is 5.10 Å². The number of aromatic nitrogens is 1. The summed E-state index contributed by atoms with van der Waals surface area (Å²) in [6.07, 6.45) is 1.75. The SMILES string of the molecule is COc1ccc(N2C(c3ccccn3)=NNC2S)cc1. The monoisotopic (exact) mass is 286 g/mol. The zero-order chi connectivity index (χ0) is 13.9. The minimum atomic E-state index is -0.222. The van der Waals surface area contributed by atoms with Crippen molar-refractivity contribution in [2.45, 2.75) is 5.50 Å². The van der Waals surface area contributed by atoms with Crippen LogP contribution in [0.5, 0.6) is 5.75 Å². The molecule has 6 heteroatoms. The summed E-state index contributed by atoms with van der Waals surface area (Å²) < 4.78 is 5.17. The first kappa shape index (κ1) is 12.8. The second kappa shape index (κ2) is 5.42. The standard InChI is InChI=1S/C14H14N4OS/c1-19-11-7-5-10(6-8-11)18-13(16-17-14(18)20)12-4-2-3-9-15-12/h2-9,14,17,20H,1H3. The van der Waals surface area contributed by atoms with Gasteiger partial charge >= 0.3 is 0 Å². The number of amidine groups is 1. The van der Waals surface area contributed by atoms with Gasteiger partial charge in [-0.3, -0.25) is 15.3 Å². The van der Waals surface area contributed by atoms with Gasteiger partial charge in [0.05, 0.1) is 7.11 Å². The second-order valence-electron chi connectivity index (χ2n) is 4.22. The third-order valence-corrected chi connectivity index (χ3v) is 3.35. The van der Waals surface area contributed by atoms with Crippen molar-refractivity contribution in [1.29, 1.82) is 0 Å². The van der Waals surface area contributed by atoms with Gasteiger partial charge in [-0.1, -0.05) is 6.07 Å². The molecule has 0 amide bonds. The van der Waals surface area contributed by atoms with Crippen molar-refractivity contribution in [2.75, 3.05) is 12.0 Å². The highest BCUT2D eigenvalue weighted by atomic mass is 32.1. The fourth-order valence-electron chi connectivity index (χ4n) is 2.03. The number of rotatable bonds is 3. The van der Waals surface area contributed by atoms with E-state index in [1.165, 1.54) is 0 Å². The van der Waals surface area contributed by atoms with Crippen LogP contribution in [0.2, 0.25) is 0 Å². The van der Waals surface area contributed by atoms with Crippen molar-refractivity contribution in [2.24, 2.45) is 5.10 Å². The number of pyridine rings is 1. The summed E-state index contributed by atoms with van der Waals surface area (Å²) in [6.45, 7) is 0. The minimum absolute atomic E-state index is 0.222. The Morgan fingerprint density at radius 1 is 1.20 bits per heavy atom. The van der Waals surface area contributed by atoms with Crippen LogP contribution in [0.3, 0.4) is 0 Å². The molecule has 1 aliphatic heterocycles. The maximum atomic E-state index is 5.17. The Kier molecular flexibility index (Phi) is 3.47. The van der Waals surface area contributed by atoms with Crippen LogP contribution in [0.25, 0.3) is 0 Å². The Labute approximate surface area is 122 Å². The third-order valence-electron chi connectivity index (χ3n) is 3.00. The van der Waals surface area contributed by atoms with E-state index in [0.717, 1.165) is 23.0 Å². The van der Waals surface area contributed by atoms with Crippen LogP contribution in [0.1, 0.15) is 5.69 Å². The highest BCUT2D eigenvalue weighted by Crippen LogP contribution is 2.25. The molecule has 1 aliphatic rings. The first-order valence-corrected chi connectivity index (χ1v) is 6.67. The van der Waals surface area contributed by atoms with E-state index in [9.17, 15) is 0 Å². The Morgan fingerprint density at radius 3 is 2.65 bits per heavy atom. The average molecular weight is 286 g/mol. The molecule has 1 unspecified atom stereocenters. The molecule has 0 bridgehead atoms. The van der Waals surface area contributed by atoms with Gasteiger partial charge in [0.25, 0.3) is 0 Å². The van der Waals surface area contributed by atoms with E-state index >= 15 is 0 Å². The summed E-state index contributed by atoms with van der Waals surface area (Å²) in [5.41, 5.74) is 4.50. The zero-order valence-electron chi connectivity index (χ0n) is 10.9. The summed E-state index contributed by atoms with van der Waals surface area (Å²) >= 11 is 4.50. The number of nitrogens with one attached hydrogen (secondary N) is 1. The van der Waals surface area contributed by atoms with Gasteiger partial charge in [-0.15, -0.1) is 12.6 Å². The predicted octanol–water partition coefficient (Wildman–Crippen LogP) is 2.08. The Hall–Kier alpha value is -2.21. The lowest BCUT2D eigenvalue weighted by Crippen LogP contribution is -2.36. The molecule has 1 aromatic carbocycles. The first-order chi connectivity index (χ1) is 9.79. The molecule has 0 fully saturated rings. The predicted molar refractivity (Wildman–Crippen MR) is 82.2 cm³/mol. The van der Waals surface area contributed by atoms with Gasteiger partial charge in [-0.05, 0) is 36.4 Å². The van der Waals surface area contributed by atoms with E-state index in [0.29, 0.717) is 0 Å². The first-order valence-electron chi connectivity index (χ1n) is 6.15. The number of ether oxygens (including phenoxy) is 1. The van der Waals surface area contributed by atoms with Crippen LogP contribution >= 0.6 is 12.6 Å². The quantitative estimate of drug-likeness (QED) is 0.848.